The number of anilines is 2. The summed E-state index contributed by atoms with van der Waals surface area (Å²) in [6.07, 6.45) is 0.167. The first-order valence-electron chi connectivity index (χ1n) is 6.63. The lowest BCUT2D eigenvalue weighted by Crippen LogP contribution is -2.24. The number of aliphatic hydroxyl groups excluding tert-OH is 2. The molecule has 3 atom stereocenters. The fraction of sp³-hybridized carbons (Fsp3) is 0.583. The number of rotatable bonds is 3. The van der Waals surface area contributed by atoms with Crippen LogP contribution < -0.4 is 10.6 Å². The van der Waals surface area contributed by atoms with Gasteiger partial charge in [-0.25, -0.2) is 4.98 Å². The molecular formula is C12H18N6O3. The van der Waals surface area contributed by atoms with Crippen LogP contribution in [0, 0.1) is 0 Å². The van der Waals surface area contributed by atoms with E-state index in [1.807, 2.05) is 14.1 Å². The van der Waals surface area contributed by atoms with Crippen LogP contribution in [0.4, 0.5) is 11.8 Å². The molecule has 9 heteroatoms. The zero-order valence-electron chi connectivity index (χ0n) is 11.8. The van der Waals surface area contributed by atoms with Gasteiger partial charge in [-0.1, -0.05) is 0 Å². The second kappa shape index (κ2) is 5.10. The molecule has 1 aliphatic heterocycles. The van der Waals surface area contributed by atoms with Crippen LogP contribution in [0.1, 0.15) is 12.6 Å². The highest BCUT2D eigenvalue weighted by Crippen LogP contribution is 2.31. The summed E-state index contributed by atoms with van der Waals surface area (Å²) in [6, 6.07) is 0. The van der Waals surface area contributed by atoms with Crippen LogP contribution in [0.2, 0.25) is 0 Å². The van der Waals surface area contributed by atoms with E-state index in [4.69, 9.17) is 15.6 Å². The number of aliphatic hydroxyl groups is 2. The predicted molar refractivity (Wildman–Crippen MR) is 75.7 cm³/mol. The van der Waals surface area contributed by atoms with Gasteiger partial charge >= 0.3 is 0 Å². The summed E-state index contributed by atoms with van der Waals surface area (Å²) in [6.45, 7) is -0.232. The summed E-state index contributed by atoms with van der Waals surface area (Å²) in [7, 11) is 3.64. The van der Waals surface area contributed by atoms with Gasteiger partial charge in [-0.15, -0.1) is 0 Å². The van der Waals surface area contributed by atoms with E-state index >= 15 is 0 Å². The fourth-order valence-corrected chi connectivity index (χ4v) is 2.39. The minimum atomic E-state index is -0.718. The van der Waals surface area contributed by atoms with E-state index in [0.717, 1.165) is 0 Å². The van der Waals surface area contributed by atoms with Crippen LogP contribution in [0.3, 0.4) is 0 Å². The minimum Gasteiger partial charge on any atom is -0.394 e. The van der Waals surface area contributed by atoms with Crippen molar-refractivity contribution >= 4 is 22.9 Å². The Kier molecular flexibility index (Phi) is 3.40. The van der Waals surface area contributed by atoms with Crippen molar-refractivity contribution in [3.8, 4) is 0 Å². The number of nitrogens with zero attached hydrogens (tertiary/aromatic N) is 5. The molecule has 2 aromatic rings. The molecule has 2 aromatic heterocycles. The van der Waals surface area contributed by atoms with Crippen molar-refractivity contribution < 1.29 is 14.9 Å². The number of ether oxygens (including phenoxy) is 1. The lowest BCUT2D eigenvalue weighted by molar-refractivity contribution is -0.0432. The first-order chi connectivity index (χ1) is 10.0. The Morgan fingerprint density at radius 2 is 2.24 bits per heavy atom. The number of fused-ring (bicyclic) bond motifs is 1. The van der Waals surface area contributed by atoms with Gasteiger partial charge in [0.2, 0.25) is 5.95 Å². The van der Waals surface area contributed by atoms with Crippen molar-refractivity contribution in [1.29, 1.82) is 0 Å². The number of hydrogen-bond acceptors (Lipinski definition) is 8. The Bertz CT molecular complexity index is 658. The average Bonchev–Trinajstić information content (AvgIpc) is 3.01. The molecule has 0 aliphatic carbocycles. The second-order valence-corrected chi connectivity index (χ2v) is 5.24. The highest BCUT2D eigenvalue weighted by atomic mass is 16.5. The van der Waals surface area contributed by atoms with Crippen molar-refractivity contribution in [3.63, 3.8) is 0 Å². The molecule has 9 nitrogen and oxygen atoms in total. The Balaban J connectivity index is 2.04. The molecule has 0 spiro atoms. The molecule has 1 saturated heterocycles. The van der Waals surface area contributed by atoms with Gasteiger partial charge in [0.15, 0.2) is 11.5 Å². The molecule has 0 radical (unpaired) electrons. The smallest absolute Gasteiger partial charge is 0.228 e. The van der Waals surface area contributed by atoms with Gasteiger partial charge in [0.1, 0.15) is 17.8 Å². The summed E-state index contributed by atoms with van der Waals surface area (Å²) in [5.74, 6) is 0.763. The second-order valence-electron chi connectivity index (χ2n) is 5.24. The van der Waals surface area contributed by atoms with Crippen LogP contribution in [-0.2, 0) is 4.74 Å². The topological polar surface area (TPSA) is 123 Å². The summed E-state index contributed by atoms with van der Waals surface area (Å²) in [5, 5.41) is 19.0. The Morgan fingerprint density at radius 1 is 1.48 bits per heavy atom. The molecular weight excluding hydrogens is 276 g/mol. The van der Waals surface area contributed by atoms with Crippen molar-refractivity contribution in [1.82, 2.24) is 19.5 Å². The number of imidazole rings is 1. The van der Waals surface area contributed by atoms with E-state index in [0.29, 0.717) is 29.4 Å². The van der Waals surface area contributed by atoms with Gasteiger partial charge in [0, 0.05) is 20.5 Å². The third-order valence-electron chi connectivity index (χ3n) is 3.53. The molecule has 0 amide bonds. The Labute approximate surface area is 121 Å². The molecule has 3 heterocycles. The average molecular weight is 294 g/mol. The van der Waals surface area contributed by atoms with E-state index in [-0.39, 0.29) is 6.61 Å². The maximum atomic E-state index is 9.84. The van der Waals surface area contributed by atoms with Gasteiger partial charge in [-0.2, -0.15) is 9.97 Å². The van der Waals surface area contributed by atoms with Crippen molar-refractivity contribution in [2.24, 2.45) is 0 Å². The molecule has 1 aliphatic rings. The monoisotopic (exact) mass is 294 g/mol. The lowest BCUT2D eigenvalue weighted by atomic mass is 10.2. The maximum Gasteiger partial charge on any atom is 0.228 e. The number of nitrogen functional groups attached to an aromatic ring is 1. The largest absolute Gasteiger partial charge is 0.394 e. The molecule has 114 valence electrons. The molecule has 4 N–H and O–H groups in total. The van der Waals surface area contributed by atoms with E-state index in [2.05, 4.69) is 15.0 Å². The normalized spacial score (nSPS) is 25.6. The van der Waals surface area contributed by atoms with Gasteiger partial charge in [0.05, 0.1) is 19.0 Å². The van der Waals surface area contributed by atoms with Crippen LogP contribution in [0.25, 0.3) is 11.2 Å². The molecule has 0 aromatic carbocycles. The minimum absolute atomic E-state index is 0.232. The van der Waals surface area contributed by atoms with Gasteiger partial charge < -0.3 is 25.6 Å². The first-order valence-corrected chi connectivity index (χ1v) is 6.63. The summed E-state index contributed by atoms with van der Waals surface area (Å²) >= 11 is 0. The quantitative estimate of drug-likeness (QED) is 0.666. The van der Waals surface area contributed by atoms with Gasteiger partial charge in [0.25, 0.3) is 0 Å². The fourth-order valence-electron chi connectivity index (χ4n) is 2.39. The van der Waals surface area contributed by atoms with Crippen molar-refractivity contribution in [3.05, 3.63) is 6.33 Å². The Hall–Kier alpha value is -1.97. The molecule has 1 fully saturated rings. The zero-order chi connectivity index (χ0) is 15.1. The number of hydrogen-bond donors (Lipinski definition) is 3. The lowest BCUT2D eigenvalue weighted by Gasteiger charge is -2.15. The molecule has 0 saturated carbocycles. The van der Waals surface area contributed by atoms with Crippen LogP contribution in [0.15, 0.2) is 6.33 Å². The van der Waals surface area contributed by atoms with Crippen LogP contribution in [0.5, 0.6) is 0 Å². The summed E-state index contributed by atoms with van der Waals surface area (Å²) in [5.41, 5.74) is 6.94. The van der Waals surface area contributed by atoms with E-state index < -0.39 is 18.4 Å². The van der Waals surface area contributed by atoms with Gasteiger partial charge in [-0.3, -0.25) is 4.57 Å². The zero-order valence-corrected chi connectivity index (χ0v) is 11.8. The van der Waals surface area contributed by atoms with Gasteiger partial charge in [-0.05, 0) is 0 Å². The van der Waals surface area contributed by atoms with Crippen LogP contribution >= 0.6 is 0 Å². The van der Waals surface area contributed by atoms with E-state index in [1.54, 1.807) is 15.8 Å². The maximum absolute atomic E-state index is 9.84. The molecule has 3 rings (SSSR count). The van der Waals surface area contributed by atoms with Crippen LogP contribution in [-0.4, -0.2) is 62.6 Å². The third-order valence-corrected chi connectivity index (χ3v) is 3.53. The first kappa shape index (κ1) is 14.0. The third kappa shape index (κ3) is 2.28. The van der Waals surface area contributed by atoms with Crippen molar-refractivity contribution in [2.75, 3.05) is 31.3 Å². The number of aromatic nitrogens is 4. The summed E-state index contributed by atoms with van der Waals surface area (Å²) in [4.78, 5) is 14.6. The predicted octanol–water partition coefficient (Wildman–Crippen LogP) is -0.885. The highest BCUT2D eigenvalue weighted by Gasteiger charge is 2.35. The van der Waals surface area contributed by atoms with Crippen molar-refractivity contribution in [2.45, 2.75) is 24.9 Å². The van der Waals surface area contributed by atoms with E-state index in [1.165, 1.54) is 0 Å². The molecule has 21 heavy (non-hydrogen) atoms. The molecule has 0 bridgehead atoms. The SMILES string of the molecule is CN(C)c1nc(N)c2ncn([C@H]3C[C@@H](O)[C@H](CO)O3)c2n1. The molecule has 0 unspecified atom stereocenters. The number of nitrogens with two attached hydrogens (primary N) is 1. The summed E-state index contributed by atoms with van der Waals surface area (Å²) < 4.78 is 7.33. The Morgan fingerprint density at radius 3 is 2.86 bits per heavy atom. The van der Waals surface area contributed by atoms with E-state index in [9.17, 15) is 5.11 Å². The highest BCUT2D eigenvalue weighted by molar-refractivity contribution is 5.83. The standard InChI is InChI=1S/C12H18N6O3/c1-17(2)12-15-10(13)9-11(16-12)18(5-14-9)8-3-6(20)7(4-19)21-8/h5-8,19-20H,3-4H2,1-2H3,(H2,13,15,16)/t6-,7+,8-/m1/s1.